The fourth-order valence-electron chi connectivity index (χ4n) is 2.20. The Hall–Kier alpha value is -2.35. The third kappa shape index (κ3) is 4.38. The van der Waals surface area contributed by atoms with Crippen molar-refractivity contribution in [2.75, 3.05) is 6.61 Å². The summed E-state index contributed by atoms with van der Waals surface area (Å²) in [6.07, 6.45) is 0. The third-order valence-corrected chi connectivity index (χ3v) is 4.54. The fraction of sp³-hybridized carbons (Fsp3) is 0.200. The number of rotatable bonds is 5. The average Bonchev–Trinajstić information content (AvgIpc) is 2.56. The monoisotopic (exact) mass is 531 g/mol. The molecule has 0 bridgehead atoms. The number of nitrogens with two attached hydrogens (primary N) is 1. The topological polar surface area (TPSA) is 113 Å². The largest absolute Gasteiger partial charge is 0.452 e. The lowest BCUT2D eigenvalue weighted by molar-refractivity contribution is -0.121. The van der Waals surface area contributed by atoms with Crippen LogP contribution < -0.4 is 17.0 Å². The van der Waals surface area contributed by atoms with Crippen molar-refractivity contribution in [3.05, 3.63) is 59.7 Å². The maximum absolute atomic E-state index is 14.4. The molecule has 1 aromatic carbocycles. The van der Waals surface area contributed by atoms with Crippen molar-refractivity contribution < 1.29 is 27.5 Å². The van der Waals surface area contributed by atoms with Gasteiger partial charge in [0, 0.05) is 16.7 Å². The molecule has 0 aliphatic rings. The molecule has 2 N–H and O–H groups in total. The SMILES string of the molecule is Cn1c(C(F)(F)Cl)cc(=O)n(-c2cc(C(=O)OCC(N)=O)c(I)cc2F)c1=O. The maximum Gasteiger partial charge on any atom is 0.363 e. The third-order valence-electron chi connectivity index (χ3n) is 3.45. The van der Waals surface area contributed by atoms with E-state index in [0.29, 0.717) is 10.6 Å². The summed E-state index contributed by atoms with van der Waals surface area (Å²) in [5.41, 5.74) is 0.203. The highest BCUT2D eigenvalue weighted by Gasteiger charge is 2.33. The average molecular weight is 532 g/mol. The van der Waals surface area contributed by atoms with E-state index in [9.17, 15) is 32.3 Å². The smallest absolute Gasteiger partial charge is 0.363 e. The predicted octanol–water partition coefficient (Wildman–Crippen LogP) is 1.21. The number of hydrogen-bond acceptors (Lipinski definition) is 5. The van der Waals surface area contributed by atoms with Gasteiger partial charge in [0.05, 0.1) is 11.3 Å². The molecule has 0 atom stereocenters. The van der Waals surface area contributed by atoms with Gasteiger partial charge in [0.15, 0.2) is 6.61 Å². The molecule has 150 valence electrons. The Balaban J connectivity index is 2.70. The normalized spacial score (nSPS) is 11.4. The molecule has 0 saturated heterocycles. The minimum Gasteiger partial charge on any atom is -0.452 e. The summed E-state index contributed by atoms with van der Waals surface area (Å²) in [4.78, 5) is 47.4. The first-order chi connectivity index (χ1) is 12.8. The molecule has 13 heteroatoms. The standard InChI is InChI=1S/C15H10ClF3IN3O5/c1-22-10(15(16,18)19)4-12(25)23(14(22)27)9-2-6(8(20)3-7(9)17)13(26)28-5-11(21)24/h2-4H,5H2,1H3,(H2,21,24). The van der Waals surface area contributed by atoms with Gasteiger partial charge in [-0.05, 0) is 46.3 Å². The van der Waals surface area contributed by atoms with Crippen LogP contribution in [0.1, 0.15) is 16.1 Å². The van der Waals surface area contributed by atoms with E-state index in [0.717, 1.165) is 19.2 Å². The zero-order chi connectivity index (χ0) is 21.4. The fourth-order valence-corrected chi connectivity index (χ4v) is 3.03. The second-order valence-electron chi connectivity index (χ2n) is 5.37. The number of aromatic nitrogens is 2. The maximum atomic E-state index is 14.4. The van der Waals surface area contributed by atoms with E-state index in [1.807, 2.05) is 0 Å². The van der Waals surface area contributed by atoms with Crippen LogP contribution in [0.25, 0.3) is 5.69 Å². The number of benzene rings is 1. The highest BCUT2D eigenvalue weighted by atomic mass is 127. The number of nitrogens with zero attached hydrogens (tertiary/aromatic N) is 2. The Bertz CT molecular complexity index is 1090. The first-order valence-electron chi connectivity index (χ1n) is 7.19. The number of carbonyl (C=O) groups excluding carboxylic acids is 2. The van der Waals surface area contributed by atoms with Gasteiger partial charge in [-0.15, -0.1) is 0 Å². The number of hydrogen-bond donors (Lipinski definition) is 1. The Morgan fingerprint density at radius 1 is 1.29 bits per heavy atom. The molecule has 2 rings (SSSR count). The van der Waals surface area contributed by atoms with E-state index in [1.54, 1.807) is 22.6 Å². The molecule has 0 aliphatic heterocycles. The summed E-state index contributed by atoms with van der Waals surface area (Å²) in [5.74, 6) is -3.09. The van der Waals surface area contributed by atoms with Gasteiger partial charge >= 0.3 is 17.0 Å². The van der Waals surface area contributed by atoms with Gasteiger partial charge in [-0.25, -0.2) is 18.5 Å². The van der Waals surface area contributed by atoms with Gasteiger partial charge in [-0.2, -0.15) is 8.78 Å². The first kappa shape index (κ1) is 21.9. The highest BCUT2D eigenvalue weighted by molar-refractivity contribution is 14.1. The Morgan fingerprint density at radius 3 is 2.43 bits per heavy atom. The van der Waals surface area contributed by atoms with Gasteiger partial charge in [0.25, 0.3) is 11.5 Å². The molecule has 2 aromatic rings. The highest BCUT2D eigenvalue weighted by Crippen LogP contribution is 2.30. The van der Waals surface area contributed by atoms with Crippen LogP contribution in [0.2, 0.25) is 0 Å². The van der Waals surface area contributed by atoms with E-state index < -0.39 is 52.3 Å². The van der Waals surface area contributed by atoms with Crippen LogP contribution in [0.15, 0.2) is 27.8 Å². The molecule has 0 unspecified atom stereocenters. The van der Waals surface area contributed by atoms with Crippen LogP contribution in [0.3, 0.4) is 0 Å². The number of ether oxygens (including phenoxy) is 1. The molecule has 1 heterocycles. The molecule has 28 heavy (non-hydrogen) atoms. The van der Waals surface area contributed by atoms with Gasteiger partial charge in [-0.1, -0.05) is 0 Å². The molecule has 0 radical (unpaired) electrons. The minimum absolute atomic E-state index is 0.0436. The Labute approximate surface area is 172 Å². The molecule has 0 aliphatic carbocycles. The van der Waals surface area contributed by atoms with Crippen molar-refractivity contribution in [3.63, 3.8) is 0 Å². The number of esters is 1. The minimum atomic E-state index is -4.01. The Morgan fingerprint density at radius 2 is 1.89 bits per heavy atom. The van der Waals surface area contributed by atoms with Crippen molar-refractivity contribution in [2.24, 2.45) is 12.8 Å². The molecule has 1 amide bonds. The lowest BCUT2D eigenvalue weighted by atomic mass is 10.2. The predicted molar refractivity (Wildman–Crippen MR) is 99.2 cm³/mol. The van der Waals surface area contributed by atoms with E-state index in [4.69, 9.17) is 17.3 Å². The zero-order valence-electron chi connectivity index (χ0n) is 13.8. The molecule has 0 fully saturated rings. The van der Waals surface area contributed by atoms with Gasteiger partial charge in [0.2, 0.25) is 0 Å². The number of alkyl halides is 3. The summed E-state index contributed by atoms with van der Waals surface area (Å²) < 4.78 is 46.4. The molecular weight excluding hydrogens is 522 g/mol. The van der Waals surface area contributed by atoms with E-state index in [1.165, 1.54) is 0 Å². The molecule has 0 saturated carbocycles. The molecule has 1 aromatic heterocycles. The summed E-state index contributed by atoms with van der Waals surface area (Å²) in [6.45, 7) is -0.747. The lowest BCUT2D eigenvalue weighted by Crippen LogP contribution is -2.41. The number of carbonyl (C=O) groups is 2. The summed E-state index contributed by atoms with van der Waals surface area (Å²) in [7, 11) is 0.913. The Kier molecular flexibility index (Phi) is 6.23. The lowest BCUT2D eigenvalue weighted by Gasteiger charge is -2.16. The quantitative estimate of drug-likeness (QED) is 0.354. The van der Waals surface area contributed by atoms with Crippen LogP contribution in [0.4, 0.5) is 13.2 Å². The number of halogens is 5. The summed E-state index contributed by atoms with van der Waals surface area (Å²) >= 11 is 6.46. The van der Waals surface area contributed by atoms with E-state index in [-0.39, 0.29) is 13.7 Å². The van der Waals surface area contributed by atoms with Crippen LogP contribution in [-0.4, -0.2) is 27.6 Å². The van der Waals surface area contributed by atoms with Crippen molar-refractivity contribution in [3.8, 4) is 5.69 Å². The molecule has 0 spiro atoms. The van der Waals surface area contributed by atoms with Crippen molar-refractivity contribution in [2.45, 2.75) is 5.38 Å². The number of amides is 1. The van der Waals surface area contributed by atoms with Crippen LogP contribution in [0, 0.1) is 9.39 Å². The van der Waals surface area contributed by atoms with Crippen LogP contribution in [0.5, 0.6) is 0 Å². The first-order valence-corrected chi connectivity index (χ1v) is 8.65. The number of primary amides is 1. The zero-order valence-corrected chi connectivity index (χ0v) is 16.8. The molecular formula is C15H10ClF3IN3O5. The van der Waals surface area contributed by atoms with Crippen molar-refractivity contribution in [1.29, 1.82) is 0 Å². The van der Waals surface area contributed by atoms with Gasteiger partial charge in [-0.3, -0.25) is 14.2 Å². The van der Waals surface area contributed by atoms with Gasteiger partial charge in [0.1, 0.15) is 11.5 Å². The molecule has 8 nitrogen and oxygen atoms in total. The summed E-state index contributed by atoms with van der Waals surface area (Å²) in [5, 5.41) is -4.01. The second-order valence-corrected chi connectivity index (χ2v) is 7.01. The summed E-state index contributed by atoms with van der Waals surface area (Å²) in [6, 6.07) is 2.02. The van der Waals surface area contributed by atoms with Crippen LogP contribution in [-0.2, 0) is 22.0 Å². The van der Waals surface area contributed by atoms with Crippen molar-refractivity contribution in [1.82, 2.24) is 9.13 Å². The van der Waals surface area contributed by atoms with Crippen molar-refractivity contribution >= 4 is 46.1 Å². The van der Waals surface area contributed by atoms with Crippen LogP contribution >= 0.6 is 34.2 Å². The van der Waals surface area contributed by atoms with E-state index in [2.05, 4.69) is 4.74 Å². The van der Waals surface area contributed by atoms with E-state index >= 15 is 0 Å². The van der Waals surface area contributed by atoms with Gasteiger partial charge < -0.3 is 10.5 Å². The second kappa shape index (κ2) is 7.95.